The van der Waals surface area contributed by atoms with Crippen molar-refractivity contribution in [2.75, 3.05) is 0 Å². The number of aromatic amines is 1. The Kier molecular flexibility index (Phi) is 2.73. The standard InChI is InChI=1S/C19H13NO2/c21-19(22)16-9-4-6-13-14(16)7-3-8-15(13)18-11-12-5-1-2-10-17(12)20-18/h1-11,20H,(H,21,22). The topological polar surface area (TPSA) is 53.1 Å². The fourth-order valence-electron chi connectivity index (χ4n) is 2.95. The molecule has 4 aromatic rings. The van der Waals surface area contributed by atoms with E-state index >= 15 is 0 Å². The number of carbonyl (C=O) groups is 1. The number of carboxylic acid groups (broad SMARTS) is 1. The Morgan fingerprint density at radius 3 is 2.45 bits per heavy atom. The van der Waals surface area contributed by atoms with Crippen molar-refractivity contribution in [3.63, 3.8) is 0 Å². The molecule has 2 N–H and O–H groups in total. The highest BCUT2D eigenvalue weighted by atomic mass is 16.4. The van der Waals surface area contributed by atoms with Crippen molar-refractivity contribution in [2.45, 2.75) is 0 Å². The molecule has 0 unspecified atom stereocenters. The van der Waals surface area contributed by atoms with Gasteiger partial charge in [0.2, 0.25) is 0 Å². The van der Waals surface area contributed by atoms with Crippen LogP contribution in [0.4, 0.5) is 0 Å². The SMILES string of the molecule is O=C(O)c1cccc2c(-c3cc4ccccc4[nH]3)cccc12. The zero-order valence-corrected chi connectivity index (χ0v) is 11.7. The zero-order chi connectivity index (χ0) is 15.1. The van der Waals surface area contributed by atoms with Crippen molar-refractivity contribution in [3.05, 3.63) is 72.3 Å². The fraction of sp³-hybridized carbons (Fsp3) is 0. The molecule has 0 aliphatic carbocycles. The molecule has 0 fully saturated rings. The summed E-state index contributed by atoms with van der Waals surface area (Å²) in [6.07, 6.45) is 0. The Hall–Kier alpha value is -3.07. The molecule has 3 heteroatoms. The number of carboxylic acids is 1. The summed E-state index contributed by atoms with van der Waals surface area (Å²) in [5.74, 6) is -0.903. The third-order valence-electron chi connectivity index (χ3n) is 3.97. The molecule has 4 rings (SSSR count). The van der Waals surface area contributed by atoms with Crippen LogP contribution in [0.2, 0.25) is 0 Å². The number of benzene rings is 3. The van der Waals surface area contributed by atoms with Gasteiger partial charge in [0, 0.05) is 22.2 Å². The van der Waals surface area contributed by atoms with Crippen LogP contribution in [0.1, 0.15) is 10.4 Å². The van der Waals surface area contributed by atoms with Crippen molar-refractivity contribution >= 4 is 27.6 Å². The smallest absolute Gasteiger partial charge is 0.336 e. The van der Waals surface area contributed by atoms with Crippen LogP contribution in [0.3, 0.4) is 0 Å². The van der Waals surface area contributed by atoms with E-state index in [4.69, 9.17) is 0 Å². The van der Waals surface area contributed by atoms with Crippen LogP contribution < -0.4 is 0 Å². The maximum Gasteiger partial charge on any atom is 0.336 e. The van der Waals surface area contributed by atoms with Gasteiger partial charge in [-0.3, -0.25) is 0 Å². The molecular formula is C19H13NO2. The highest BCUT2D eigenvalue weighted by Crippen LogP contribution is 2.31. The van der Waals surface area contributed by atoms with Gasteiger partial charge in [-0.05, 0) is 29.0 Å². The summed E-state index contributed by atoms with van der Waals surface area (Å²) in [5.41, 5.74) is 3.41. The van der Waals surface area contributed by atoms with E-state index in [0.717, 1.165) is 32.9 Å². The molecule has 0 aliphatic rings. The maximum atomic E-state index is 11.4. The molecule has 1 aromatic heterocycles. The molecule has 3 aromatic carbocycles. The van der Waals surface area contributed by atoms with Gasteiger partial charge >= 0.3 is 5.97 Å². The van der Waals surface area contributed by atoms with Crippen molar-refractivity contribution in [1.29, 1.82) is 0 Å². The summed E-state index contributed by atoms with van der Waals surface area (Å²) in [4.78, 5) is 14.8. The fourth-order valence-corrected chi connectivity index (χ4v) is 2.95. The van der Waals surface area contributed by atoms with Crippen molar-refractivity contribution in [3.8, 4) is 11.3 Å². The van der Waals surface area contributed by atoms with Crippen LogP contribution in [-0.2, 0) is 0 Å². The molecule has 0 saturated heterocycles. The summed E-state index contributed by atoms with van der Waals surface area (Å²) in [5, 5.41) is 12.2. The number of rotatable bonds is 2. The first-order valence-electron chi connectivity index (χ1n) is 7.07. The van der Waals surface area contributed by atoms with Gasteiger partial charge in [-0.2, -0.15) is 0 Å². The van der Waals surface area contributed by atoms with Gasteiger partial charge < -0.3 is 10.1 Å². The van der Waals surface area contributed by atoms with Crippen LogP contribution in [0.25, 0.3) is 32.9 Å². The summed E-state index contributed by atoms with van der Waals surface area (Å²) in [6.45, 7) is 0. The number of hydrogen-bond acceptors (Lipinski definition) is 1. The van der Waals surface area contributed by atoms with Gasteiger partial charge in [-0.15, -0.1) is 0 Å². The highest BCUT2D eigenvalue weighted by molar-refractivity contribution is 6.08. The van der Waals surface area contributed by atoms with Crippen LogP contribution in [0.5, 0.6) is 0 Å². The van der Waals surface area contributed by atoms with Crippen LogP contribution >= 0.6 is 0 Å². The third kappa shape index (κ3) is 1.87. The first-order valence-corrected chi connectivity index (χ1v) is 7.07. The minimum atomic E-state index is -0.903. The lowest BCUT2D eigenvalue weighted by Crippen LogP contribution is -1.97. The summed E-state index contributed by atoms with van der Waals surface area (Å²) in [7, 11) is 0. The van der Waals surface area contributed by atoms with E-state index in [1.54, 1.807) is 12.1 Å². The van der Waals surface area contributed by atoms with Gasteiger partial charge in [0.15, 0.2) is 0 Å². The molecule has 0 spiro atoms. The summed E-state index contributed by atoms with van der Waals surface area (Å²) >= 11 is 0. The Balaban J connectivity index is 2.02. The molecule has 22 heavy (non-hydrogen) atoms. The van der Waals surface area contributed by atoms with Gasteiger partial charge in [0.05, 0.1) is 5.56 Å². The highest BCUT2D eigenvalue weighted by Gasteiger charge is 2.12. The van der Waals surface area contributed by atoms with E-state index in [0.29, 0.717) is 5.56 Å². The molecule has 0 saturated carbocycles. The van der Waals surface area contributed by atoms with Crippen LogP contribution in [0.15, 0.2) is 66.7 Å². The molecule has 0 amide bonds. The number of aromatic carboxylic acids is 1. The van der Waals surface area contributed by atoms with Gasteiger partial charge in [0.25, 0.3) is 0 Å². The second-order valence-electron chi connectivity index (χ2n) is 5.28. The maximum absolute atomic E-state index is 11.4. The number of nitrogens with one attached hydrogen (secondary N) is 1. The monoisotopic (exact) mass is 287 g/mol. The lowest BCUT2D eigenvalue weighted by Gasteiger charge is -2.07. The molecule has 0 atom stereocenters. The predicted molar refractivity (Wildman–Crippen MR) is 88.2 cm³/mol. The average molecular weight is 287 g/mol. The van der Waals surface area contributed by atoms with Crippen molar-refractivity contribution in [2.24, 2.45) is 0 Å². The first-order chi connectivity index (χ1) is 10.7. The molecular weight excluding hydrogens is 274 g/mol. The number of fused-ring (bicyclic) bond motifs is 2. The molecule has 0 radical (unpaired) electrons. The van der Waals surface area contributed by atoms with Crippen LogP contribution in [0, 0.1) is 0 Å². The van der Waals surface area contributed by atoms with E-state index < -0.39 is 5.97 Å². The minimum Gasteiger partial charge on any atom is -0.478 e. The number of hydrogen-bond donors (Lipinski definition) is 2. The van der Waals surface area contributed by atoms with Gasteiger partial charge in [-0.1, -0.05) is 48.5 Å². The van der Waals surface area contributed by atoms with E-state index in [-0.39, 0.29) is 0 Å². The summed E-state index contributed by atoms with van der Waals surface area (Å²) in [6, 6.07) is 21.3. The number of H-pyrrole nitrogens is 1. The Morgan fingerprint density at radius 1 is 0.864 bits per heavy atom. The minimum absolute atomic E-state index is 0.329. The van der Waals surface area contributed by atoms with E-state index in [1.165, 1.54) is 0 Å². The van der Waals surface area contributed by atoms with Crippen molar-refractivity contribution < 1.29 is 9.90 Å². The number of aromatic nitrogens is 1. The first kappa shape index (κ1) is 12.7. The molecule has 106 valence electrons. The lowest BCUT2D eigenvalue weighted by molar-refractivity contribution is 0.0699. The lowest BCUT2D eigenvalue weighted by atomic mass is 9.98. The average Bonchev–Trinajstić information content (AvgIpc) is 2.97. The summed E-state index contributed by atoms with van der Waals surface area (Å²) < 4.78 is 0. The van der Waals surface area contributed by atoms with E-state index in [9.17, 15) is 9.90 Å². The molecule has 1 heterocycles. The molecule has 3 nitrogen and oxygen atoms in total. The molecule has 0 aliphatic heterocycles. The predicted octanol–water partition coefficient (Wildman–Crippen LogP) is 4.69. The van der Waals surface area contributed by atoms with Crippen LogP contribution in [-0.4, -0.2) is 16.1 Å². The van der Waals surface area contributed by atoms with E-state index in [2.05, 4.69) is 17.1 Å². The molecule has 0 bridgehead atoms. The Morgan fingerprint density at radius 2 is 1.64 bits per heavy atom. The zero-order valence-electron chi connectivity index (χ0n) is 11.7. The Labute approximate surface area is 126 Å². The largest absolute Gasteiger partial charge is 0.478 e. The third-order valence-corrected chi connectivity index (χ3v) is 3.97. The van der Waals surface area contributed by atoms with Gasteiger partial charge in [-0.25, -0.2) is 4.79 Å². The van der Waals surface area contributed by atoms with E-state index in [1.807, 2.05) is 42.5 Å². The Bertz CT molecular complexity index is 981. The second kappa shape index (κ2) is 4.74. The van der Waals surface area contributed by atoms with Crippen molar-refractivity contribution in [1.82, 2.24) is 4.98 Å². The quantitative estimate of drug-likeness (QED) is 0.562. The normalized spacial score (nSPS) is 11.1. The van der Waals surface area contributed by atoms with Gasteiger partial charge in [0.1, 0.15) is 0 Å². The number of para-hydroxylation sites is 1. The second-order valence-corrected chi connectivity index (χ2v) is 5.28.